The number of rotatable bonds is 4. The first-order valence-corrected chi connectivity index (χ1v) is 8.60. The Bertz CT molecular complexity index is 727. The van der Waals surface area contributed by atoms with Crippen molar-refractivity contribution in [3.63, 3.8) is 0 Å². The molecule has 3 rings (SSSR count). The standard InChI is InChI=1S/C17H21N3O2S/c1-19-10-13(8-16(19)21)11-20(2)17(22)18-9-12-3-4-15-14(7-12)5-6-23-15/h3-7,13H,8-11H2,1-2H3,(H,18,22). The topological polar surface area (TPSA) is 52.6 Å². The first-order valence-electron chi connectivity index (χ1n) is 7.72. The number of thiophene rings is 1. The van der Waals surface area contributed by atoms with Crippen molar-refractivity contribution in [2.45, 2.75) is 13.0 Å². The van der Waals surface area contributed by atoms with Crippen LogP contribution in [-0.2, 0) is 11.3 Å². The molecule has 1 aliphatic rings. The second-order valence-electron chi connectivity index (χ2n) is 6.18. The summed E-state index contributed by atoms with van der Waals surface area (Å²) in [5, 5.41) is 6.22. The molecule has 0 radical (unpaired) electrons. The van der Waals surface area contributed by atoms with Crippen LogP contribution in [-0.4, -0.2) is 48.9 Å². The fraction of sp³-hybridized carbons (Fsp3) is 0.412. The predicted octanol–water partition coefficient (Wildman–Crippen LogP) is 2.52. The molecule has 3 amide bonds. The first-order chi connectivity index (χ1) is 11.0. The fourth-order valence-corrected chi connectivity index (χ4v) is 3.76. The Kier molecular flexibility index (Phi) is 4.52. The van der Waals surface area contributed by atoms with Crippen LogP contribution in [0.4, 0.5) is 4.79 Å². The molecule has 6 heteroatoms. The molecule has 5 nitrogen and oxygen atoms in total. The van der Waals surface area contributed by atoms with Crippen LogP contribution in [0.1, 0.15) is 12.0 Å². The lowest BCUT2D eigenvalue weighted by atomic mass is 10.1. The van der Waals surface area contributed by atoms with E-state index in [9.17, 15) is 9.59 Å². The number of amides is 3. The molecule has 0 spiro atoms. The third-order valence-electron chi connectivity index (χ3n) is 4.26. The van der Waals surface area contributed by atoms with Crippen molar-refractivity contribution >= 4 is 33.4 Å². The second kappa shape index (κ2) is 6.58. The molecular formula is C17H21N3O2S. The molecule has 1 aromatic carbocycles. The SMILES string of the molecule is CN1CC(CN(C)C(=O)NCc2ccc3sccc3c2)CC1=O. The van der Waals surface area contributed by atoms with Gasteiger partial charge in [0.2, 0.25) is 5.91 Å². The number of nitrogens with one attached hydrogen (secondary N) is 1. The summed E-state index contributed by atoms with van der Waals surface area (Å²) < 4.78 is 1.26. The van der Waals surface area contributed by atoms with Crippen LogP contribution >= 0.6 is 11.3 Å². The number of carbonyl (C=O) groups excluding carboxylic acids is 2. The minimum absolute atomic E-state index is 0.0996. The average Bonchev–Trinajstić information content (AvgIpc) is 3.11. The molecule has 1 aliphatic heterocycles. The van der Waals surface area contributed by atoms with Gasteiger partial charge in [-0.05, 0) is 34.5 Å². The molecule has 1 atom stereocenters. The van der Waals surface area contributed by atoms with Crippen molar-refractivity contribution in [3.8, 4) is 0 Å². The Hall–Kier alpha value is -2.08. The predicted molar refractivity (Wildman–Crippen MR) is 92.4 cm³/mol. The zero-order chi connectivity index (χ0) is 16.4. The van der Waals surface area contributed by atoms with Crippen LogP contribution in [0, 0.1) is 5.92 Å². The van der Waals surface area contributed by atoms with Gasteiger partial charge in [-0.2, -0.15) is 0 Å². The van der Waals surface area contributed by atoms with Gasteiger partial charge < -0.3 is 15.1 Å². The number of carbonyl (C=O) groups is 2. The van der Waals surface area contributed by atoms with E-state index in [4.69, 9.17) is 0 Å². The minimum Gasteiger partial charge on any atom is -0.345 e. The quantitative estimate of drug-likeness (QED) is 0.936. The van der Waals surface area contributed by atoms with Gasteiger partial charge in [-0.3, -0.25) is 4.79 Å². The summed E-state index contributed by atoms with van der Waals surface area (Å²) >= 11 is 1.72. The van der Waals surface area contributed by atoms with E-state index in [2.05, 4.69) is 28.9 Å². The van der Waals surface area contributed by atoms with E-state index in [1.165, 1.54) is 10.1 Å². The lowest BCUT2D eigenvalue weighted by Crippen LogP contribution is -2.40. The molecule has 1 aromatic heterocycles. The van der Waals surface area contributed by atoms with Gasteiger partial charge in [-0.15, -0.1) is 11.3 Å². The third kappa shape index (κ3) is 3.64. The normalized spacial score (nSPS) is 17.7. The molecular weight excluding hydrogens is 310 g/mol. The fourth-order valence-electron chi connectivity index (χ4n) is 2.99. The summed E-state index contributed by atoms with van der Waals surface area (Å²) in [7, 11) is 3.59. The van der Waals surface area contributed by atoms with Gasteiger partial charge in [0.15, 0.2) is 0 Å². The Labute approximate surface area is 139 Å². The van der Waals surface area contributed by atoms with Crippen molar-refractivity contribution in [1.29, 1.82) is 0 Å². The first kappa shape index (κ1) is 15.8. The molecule has 1 N–H and O–H groups in total. The van der Waals surface area contributed by atoms with Crippen molar-refractivity contribution in [2.24, 2.45) is 5.92 Å². The number of hydrogen-bond acceptors (Lipinski definition) is 3. The Morgan fingerprint density at radius 2 is 2.26 bits per heavy atom. The van der Waals surface area contributed by atoms with Gasteiger partial charge in [-0.1, -0.05) is 6.07 Å². The van der Waals surface area contributed by atoms with Gasteiger partial charge in [0, 0.05) is 50.8 Å². The van der Waals surface area contributed by atoms with Crippen LogP contribution < -0.4 is 5.32 Å². The molecule has 122 valence electrons. The maximum Gasteiger partial charge on any atom is 0.317 e. The summed E-state index contributed by atoms with van der Waals surface area (Å²) in [6.07, 6.45) is 0.531. The van der Waals surface area contributed by atoms with E-state index < -0.39 is 0 Å². The largest absolute Gasteiger partial charge is 0.345 e. The highest BCUT2D eigenvalue weighted by molar-refractivity contribution is 7.17. The Morgan fingerprint density at radius 3 is 3.00 bits per heavy atom. The van der Waals surface area contributed by atoms with Crippen molar-refractivity contribution in [2.75, 3.05) is 27.2 Å². The molecule has 1 fully saturated rings. The van der Waals surface area contributed by atoms with Crippen LogP contribution in [0.2, 0.25) is 0 Å². The van der Waals surface area contributed by atoms with Crippen LogP contribution in [0.25, 0.3) is 10.1 Å². The summed E-state index contributed by atoms with van der Waals surface area (Å²) in [6, 6.07) is 8.23. The minimum atomic E-state index is -0.0996. The molecule has 0 saturated carbocycles. The number of urea groups is 1. The maximum absolute atomic E-state index is 12.2. The van der Waals surface area contributed by atoms with Crippen molar-refractivity contribution in [1.82, 2.24) is 15.1 Å². The summed E-state index contributed by atoms with van der Waals surface area (Å²) in [5.74, 6) is 0.387. The van der Waals surface area contributed by atoms with Crippen LogP contribution in [0.3, 0.4) is 0 Å². The lowest BCUT2D eigenvalue weighted by Gasteiger charge is -2.21. The van der Waals surface area contributed by atoms with Gasteiger partial charge in [0.25, 0.3) is 0 Å². The smallest absolute Gasteiger partial charge is 0.317 e. The average molecular weight is 331 g/mol. The summed E-state index contributed by atoms with van der Waals surface area (Å²) in [5.41, 5.74) is 1.09. The van der Waals surface area contributed by atoms with Gasteiger partial charge in [-0.25, -0.2) is 4.79 Å². The number of nitrogens with zero attached hydrogens (tertiary/aromatic N) is 2. The zero-order valence-electron chi connectivity index (χ0n) is 13.4. The molecule has 2 aromatic rings. The molecule has 1 saturated heterocycles. The maximum atomic E-state index is 12.2. The van der Waals surface area contributed by atoms with E-state index in [0.717, 1.165) is 12.1 Å². The number of fused-ring (bicyclic) bond motifs is 1. The highest BCUT2D eigenvalue weighted by Crippen LogP contribution is 2.21. The van der Waals surface area contributed by atoms with Gasteiger partial charge in [0.1, 0.15) is 0 Å². The van der Waals surface area contributed by atoms with Crippen LogP contribution in [0.15, 0.2) is 29.6 Å². The lowest BCUT2D eigenvalue weighted by molar-refractivity contribution is -0.126. The highest BCUT2D eigenvalue weighted by atomic mass is 32.1. The third-order valence-corrected chi connectivity index (χ3v) is 5.16. The van der Waals surface area contributed by atoms with E-state index in [1.54, 1.807) is 28.2 Å². The number of likely N-dealkylation sites (tertiary alicyclic amines) is 1. The van der Waals surface area contributed by atoms with E-state index >= 15 is 0 Å². The van der Waals surface area contributed by atoms with Crippen molar-refractivity contribution in [3.05, 3.63) is 35.2 Å². The molecule has 0 bridgehead atoms. The molecule has 1 unspecified atom stereocenters. The number of benzene rings is 1. The molecule has 23 heavy (non-hydrogen) atoms. The van der Waals surface area contributed by atoms with Crippen molar-refractivity contribution < 1.29 is 9.59 Å². The molecule has 2 heterocycles. The van der Waals surface area contributed by atoms with Crippen LogP contribution in [0.5, 0.6) is 0 Å². The molecule has 0 aliphatic carbocycles. The number of hydrogen-bond donors (Lipinski definition) is 1. The summed E-state index contributed by atoms with van der Waals surface area (Å²) in [6.45, 7) is 1.84. The highest BCUT2D eigenvalue weighted by Gasteiger charge is 2.28. The zero-order valence-corrected chi connectivity index (χ0v) is 14.2. The van der Waals surface area contributed by atoms with E-state index in [-0.39, 0.29) is 17.9 Å². The van der Waals surface area contributed by atoms with E-state index in [0.29, 0.717) is 19.5 Å². The Morgan fingerprint density at radius 1 is 1.43 bits per heavy atom. The van der Waals surface area contributed by atoms with Gasteiger partial charge in [0.05, 0.1) is 0 Å². The van der Waals surface area contributed by atoms with E-state index in [1.807, 2.05) is 13.1 Å². The van der Waals surface area contributed by atoms with Gasteiger partial charge >= 0.3 is 6.03 Å². The summed E-state index contributed by atoms with van der Waals surface area (Å²) in [4.78, 5) is 27.1. The monoisotopic (exact) mass is 331 g/mol. The second-order valence-corrected chi connectivity index (χ2v) is 7.12. The Balaban J connectivity index is 1.51.